The number of phosphoric acid groups is 1. The predicted octanol–water partition coefficient (Wildman–Crippen LogP) is 12.5. The number of carbonyl (C=O) groups is 2. The number of unbranched alkanes of at least 4 members (excludes halogenated alkanes) is 17. The maximum Gasteiger partial charge on any atom is 0.469 e. The summed E-state index contributed by atoms with van der Waals surface area (Å²) < 4.78 is 26.3. The largest absolute Gasteiger partial charge is 0.469 e. The van der Waals surface area contributed by atoms with Crippen molar-refractivity contribution in [1.82, 2.24) is 0 Å². The lowest BCUT2D eigenvalue weighted by atomic mass is 10.1. The van der Waals surface area contributed by atoms with E-state index >= 15 is 0 Å². The third kappa shape index (κ3) is 40.5. The third-order valence-electron chi connectivity index (χ3n) is 8.51. The summed E-state index contributed by atoms with van der Waals surface area (Å²) in [5.41, 5.74) is 0. The Bertz CT molecular complexity index is 1030. The summed E-state index contributed by atoms with van der Waals surface area (Å²) in [4.78, 5) is 42.7. The zero-order valence-electron chi connectivity index (χ0n) is 32.9. The molecule has 0 aliphatic heterocycles. The van der Waals surface area contributed by atoms with Gasteiger partial charge in [-0.25, -0.2) is 4.57 Å². The quantitative estimate of drug-likeness (QED) is 0.0279. The van der Waals surface area contributed by atoms with E-state index in [0.29, 0.717) is 19.3 Å². The maximum atomic E-state index is 12.4. The highest BCUT2D eigenvalue weighted by molar-refractivity contribution is 7.46. The number of hydrogen-bond donors (Lipinski definition) is 2. The minimum atomic E-state index is -4.77. The van der Waals surface area contributed by atoms with Gasteiger partial charge in [-0.05, 0) is 77.0 Å². The first kappa shape index (κ1) is 49.8. The lowest BCUT2D eigenvalue weighted by Crippen LogP contribution is -2.29. The predicted molar refractivity (Wildman–Crippen MR) is 216 cm³/mol. The Hall–Kier alpha value is -2.25. The molecule has 0 saturated carbocycles. The molecule has 0 aromatic rings. The number of hydrogen-bond acceptors (Lipinski definition) is 6. The van der Waals surface area contributed by atoms with E-state index in [1.165, 1.54) is 89.9 Å². The Kier molecular flexibility index (Phi) is 36.8. The monoisotopic (exact) mass is 751 g/mol. The van der Waals surface area contributed by atoms with E-state index in [0.717, 1.165) is 44.9 Å². The van der Waals surface area contributed by atoms with Gasteiger partial charge < -0.3 is 19.3 Å². The molecule has 0 aromatic heterocycles. The van der Waals surface area contributed by atoms with Crippen molar-refractivity contribution in [3.63, 3.8) is 0 Å². The molecule has 0 rings (SSSR count). The molecule has 8 nitrogen and oxygen atoms in total. The summed E-state index contributed by atoms with van der Waals surface area (Å²) >= 11 is 0. The van der Waals surface area contributed by atoms with Gasteiger partial charge in [0.2, 0.25) is 0 Å². The fraction of sp³-hybridized carbons (Fsp3) is 0.721. The Morgan fingerprint density at radius 3 is 1.37 bits per heavy atom. The summed E-state index contributed by atoms with van der Waals surface area (Å²) in [7, 11) is -4.77. The SMILES string of the molecule is CCCCCCCC/C=C/CCCCCC(=O)OC[C@H](COP(=O)(O)O)OC(=O)CCC/C=C/C/C=C/C/C=C/C/C=C/CCCCCCCCC. The molecule has 0 heterocycles. The first-order valence-electron chi connectivity index (χ1n) is 20.6. The molecule has 9 heteroatoms. The van der Waals surface area contributed by atoms with Gasteiger partial charge >= 0.3 is 19.8 Å². The van der Waals surface area contributed by atoms with Crippen molar-refractivity contribution in [3.05, 3.63) is 60.8 Å². The van der Waals surface area contributed by atoms with E-state index in [2.05, 4.69) is 73.1 Å². The van der Waals surface area contributed by atoms with Crippen molar-refractivity contribution >= 4 is 19.8 Å². The number of allylic oxidation sites excluding steroid dienone is 10. The van der Waals surface area contributed by atoms with Gasteiger partial charge in [0, 0.05) is 12.8 Å². The van der Waals surface area contributed by atoms with Crippen molar-refractivity contribution in [2.45, 2.75) is 187 Å². The number of ether oxygens (including phenoxy) is 2. The molecule has 0 saturated heterocycles. The zero-order valence-corrected chi connectivity index (χ0v) is 33.8. The molecule has 52 heavy (non-hydrogen) atoms. The van der Waals surface area contributed by atoms with Crippen LogP contribution in [0, 0.1) is 0 Å². The smallest absolute Gasteiger partial charge is 0.462 e. The molecule has 2 N–H and O–H groups in total. The fourth-order valence-electron chi connectivity index (χ4n) is 5.42. The lowest BCUT2D eigenvalue weighted by Gasteiger charge is -2.18. The Labute approximate surface area is 317 Å². The van der Waals surface area contributed by atoms with Crippen molar-refractivity contribution in [2.75, 3.05) is 13.2 Å². The second-order valence-corrected chi connectivity index (χ2v) is 14.8. The van der Waals surface area contributed by atoms with Crippen molar-refractivity contribution in [3.8, 4) is 0 Å². The number of rotatable bonds is 37. The van der Waals surface area contributed by atoms with Gasteiger partial charge in [-0.15, -0.1) is 0 Å². The minimum Gasteiger partial charge on any atom is -0.462 e. The molecule has 0 fully saturated rings. The van der Waals surface area contributed by atoms with Gasteiger partial charge in [0.15, 0.2) is 6.10 Å². The van der Waals surface area contributed by atoms with E-state index in [-0.39, 0.29) is 19.4 Å². The van der Waals surface area contributed by atoms with Crippen LogP contribution in [-0.2, 0) is 28.2 Å². The molecule has 0 bridgehead atoms. The summed E-state index contributed by atoms with van der Waals surface area (Å²) in [5, 5.41) is 0. The molecule has 0 spiro atoms. The van der Waals surface area contributed by atoms with Crippen molar-refractivity contribution in [2.24, 2.45) is 0 Å². The molecule has 0 aliphatic carbocycles. The van der Waals surface area contributed by atoms with Crippen LogP contribution in [-0.4, -0.2) is 41.0 Å². The second-order valence-electron chi connectivity index (χ2n) is 13.6. The molecular weight excluding hydrogens is 675 g/mol. The normalized spacial score (nSPS) is 13.1. The van der Waals surface area contributed by atoms with Crippen LogP contribution in [0.1, 0.15) is 181 Å². The van der Waals surface area contributed by atoms with E-state index in [4.69, 9.17) is 19.3 Å². The van der Waals surface area contributed by atoms with Gasteiger partial charge in [0.25, 0.3) is 0 Å². The van der Waals surface area contributed by atoms with Gasteiger partial charge in [-0.2, -0.15) is 0 Å². The molecule has 0 unspecified atom stereocenters. The standard InChI is InChI=1S/C43H75O8P/c1-3-5-7-9-11-13-15-17-18-19-20-21-22-23-24-26-28-30-32-34-36-38-43(45)51-41(40-50-52(46,47)48)39-49-42(44)37-35-33-31-29-27-25-16-14-12-10-8-6-4-2/h18-19,21-22,24-27,30,32,41H,3-17,20,23,28-29,31,33-40H2,1-2H3,(H2,46,47,48)/b19-18+,22-21+,26-24+,27-25+,32-30+/t41-/m1/s1. The Balaban J connectivity index is 4.06. The van der Waals surface area contributed by atoms with Crippen LogP contribution in [0.25, 0.3) is 0 Å². The first-order chi connectivity index (χ1) is 25.3. The highest BCUT2D eigenvalue weighted by atomic mass is 31.2. The van der Waals surface area contributed by atoms with E-state index in [1.807, 2.05) is 6.08 Å². The first-order valence-corrected chi connectivity index (χ1v) is 22.1. The molecule has 0 radical (unpaired) electrons. The van der Waals surface area contributed by atoms with Crippen LogP contribution >= 0.6 is 7.82 Å². The van der Waals surface area contributed by atoms with Crippen LogP contribution in [0.3, 0.4) is 0 Å². The zero-order chi connectivity index (χ0) is 38.2. The molecule has 0 aromatic carbocycles. The molecule has 300 valence electrons. The average Bonchev–Trinajstić information content (AvgIpc) is 3.11. The van der Waals surface area contributed by atoms with Crippen LogP contribution in [0.5, 0.6) is 0 Å². The van der Waals surface area contributed by atoms with E-state index in [1.54, 1.807) is 0 Å². The van der Waals surface area contributed by atoms with Crippen LogP contribution in [0.2, 0.25) is 0 Å². The Morgan fingerprint density at radius 2 is 0.885 bits per heavy atom. The summed E-state index contributed by atoms with van der Waals surface area (Å²) in [6, 6.07) is 0. The van der Waals surface area contributed by atoms with E-state index < -0.39 is 32.5 Å². The molecule has 0 amide bonds. The van der Waals surface area contributed by atoms with Crippen LogP contribution in [0.15, 0.2) is 60.8 Å². The number of esters is 2. The van der Waals surface area contributed by atoms with Gasteiger partial charge in [0.1, 0.15) is 6.61 Å². The topological polar surface area (TPSA) is 119 Å². The maximum absolute atomic E-state index is 12.4. The fourth-order valence-corrected chi connectivity index (χ4v) is 5.78. The van der Waals surface area contributed by atoms with Gasteiger partial charge in [-0.1, -0.05) is 152 Å². The number of phosphoric ester groups is 1. The van der Waals surface area contributed by atoms with Crippen molar-refractivity contribution < 1.29 is 37.9 Å². The van der Waals surface area contributed by atoms with Crippen LogP contribution < -0.4 is 0 Å². The van der Waals surface area contributed by atoms with Crippen molar-refractivity contribution in [1.29, 1.82) is 0 Å². The molecular formula is C43H75O8P. The summed E-state index contributed by atoms with van der Waals surface area (Å²) in [6.45, 7) is 3.61. The molecule has 0 aliphatic rings. The Morgan fingerprint density at radius 1 is 0.500 bits per heavy atom. The van der Waals surface area contributed by atoms with Gasteiger partial charge in [-0.3, -0.25) is 14.1 Å². The number of carbonyl (C=O) groups excluding carboxylic acids is 2. The average molecular weight is 751 g/mol. The highest BCUT2D eigenvalue weighted by Crippen LogP contribution is 2.36. The summed E-state index contributed by atoms with van der Waals surface area (Å²) in [6.07, 6.45) is 48.1. The van der Waals surface area contributed by atoms with E-state index in [9.17, 15) is 14.2 Å². The third-order valence-corrected chi connectivity index (χ3v) is 8.99. The molecule has 1 atom stereocenters. The highest BCUT2D eigenvalue weighted by Gasteiger charge is 2.22. The second kappa shape index (κ2) is 38.5. The summed E-state index contributed by atoms with van der Waals surface area (Å²) in [5.74, 6) is -0.972. The lowest BCUT2D eigenvalue weighted by molar-refractivity contribution is -0.161. The van der Waals surface area contributed by atoms with Crippen LogP contribution in [0.4, 0.5) is 0 Å². The minimum absolute atomic E-state index is 0.131. The van der Waals surface area contributed by atoms with Gasteiger partial charge in [0.05, 0.1) is 6.61 Å².